The van der Waals surface area contributed by atoms with Crippen LogP contribution < -0.4 is 5.32 Å². The monoisotopic (exact) mass is 267 g/mol. The fraction of sp³-hybridized carbons (Fsp3) is 0.333. The molecule has 1 aliphatic carbocycles. The number of aromatic hydroxyl groups is 1. The van der Waals surface area contributed by atoms with Crippen LogP contribution in [0.1, 0.15) is 29.5 Å². The molecule has 1 aliphatic rings. The minimum Gasteiger partial charge on any atom is -0.508 e. The number of hydrogen-bond donors (Lipinski definition) is 2. The number of hydrogen-bond acceptors (Lipinski definition) is 2. The van der Waals surface area contributed by atoms with Crippen LogP contribution in [0, 0.1) is 0 Å². The summed E-state index contributed by atoms with van der Waals surface area (Å²) in [7, 11) is 0. The van der Waals surface area contributed by atoms with Crippen LogP contribution in [-0.4, -0.2) is 17.7 Å². The van der Waals surface area contributed by atoms with Crippen molar-refractivity contribution in [3.63, 3.8) is 0 Å². The molecule has 2 N–H and O–H groups in total. The lowest BCUT2D eigenvalue weighted by Gasteiger charge is -2.31. The molecular weight excluding hydrogens is 246 g/mol. The van der Waals surface area contributed by atoms with Crippen LogP contribution in [0.5, 0.6) is 5.75 Å². The molecular formula is C18H21NO. The molecule has 0 saturated carbocycles. The third kappa shape index (κ3) is 2.86. The molecule has 2 nitrogen and oxygen atoms in total. The van der Waals surface area contributed by atoms with Gasteiger partial charge in [-0.25, -0.2) is 0 Å². The van der Waals surface area contributed by atoms with Crippen LogP contribution in [-0.2, 0) is 12.8 Å². The van der Waals surface area contributed by atoms with Gasteiger partial charge < -0.3 is 10.4 Å². The quantitative estimate of drug-likeness (QED) is 0.871. The minimum atomic E-state index is 0.334. The second-order valence-corrected chi connectivity index (χ2v) is 5.78. The Bertz CT molecular complexity index is 576. The third-order valence-corrected chi connectivity index (χ3v) is 4.15. The van der Waals surface area contributed by atoms with Gasteiger partial charge in [-0.2, -0.15) is 0 Å². The Morgan fingerprint density at radius 3 is 2.65 bits per heavy atom. The molecule has 2 aromatic carbocycles. The molecule has 3 rings (SSSR count). The summed E-state index contributed by atoms with van der Waals surface area (Å²) in [6.07, 6.45) is 2.20. The van der Waals surface area contributed by atoms with E-state index in [1.807, 2.05) is 12.1 Å². The Hall–Kier alpha value is -1.80. The van der Waals surface area contributed by atoms with E-state index in [1.54, 1.807) is 12.1 Å². The Balaban J connectivity index is 1.49. The first-order chi connectivity index (χ1) is 9.72. The van der Waals surface area contributed by atoms with Gasteiger partial charge in [-0.1, -0.05) is 36.4 Å². The van der Waals surface area contributed by atoms with Gasteiger partial charge in [0.25, 0.3) is 0 Å². The molecule has 0 radical (unpaired) electrons. The van der Waals surface area contributed by atoms with Crippen molar-refractivity contribution < 1.29 is 5.11 Å². The number of phenols is 1. The average Bonchev–Trinajstić information content (AvgIpc) is 2.42. The molecule has 2 heteroatoms. The summed E-state index contributed by atoms with van der Waals surface area (Å²) in [4.78, 5) is 0. The van der Waals surface area contributed by atoms with E-state index in [1.165, 1.54) is 23.1 Å². The minimum absolute atomic E-state index is 0.334. The van der Waals surface area contributed by atoms with E-state index in [0.29, 0.717) is 17.7 Å². The molecule has 20 heavy (non-hydrogen) atoms. The number of fused-ring (bicyclic) bond motifs is 1. The van der Waals surface area contributed by atoms with Crippen molar-refractivity contribution in [3.05, 3.63) is 65.2 Å². The maximum Gasteiger partial charge on any atom is 0.115 e. The molecule has 0 spiro atoms. The van der Waals surface area contributed by atoms with Crippen molar-refractivity contribution >= 4 is 0 Å². The van der Waals surface area contributed by atoms with E-state index in [4.69, 9.17) is 0 Å². The summed E-state index contributed by atoms with van der Waals surface area (Å²) in [6.45, 7) is 3.27. The standard InChI is InChI=1S/C18H21NO/c1-13(10-14-6-8-17(20)9-7-14)19-12-16-11-15-4-2-3-5-18(15)16/h2-9,13,16,19-20H,10-12H2,1H3. The summed E-state index contributed by atoms with van der Waals surface area (Å²) in [5.74, 6) is 1.01. The van der Waals surface area contributed by atoms with Gasteiger partial charge in [0.2, 0.25) is 0 Å². The largest absolute Gasteiger partial charge is 0.508 e. The molecule has 0 amide bonds. The number of rotatable bonds is 5. The molecule has 0 bridgehead atoms. The fourth-order valence-electron chi connectivity index (χ4n) is 2.95. The van der Waals surface area contributed by atoms with Gasteiger partial charge in [-0.15, -0.1) is 0 Å². The molecule has 0 fully saturated rings. The van der Waals surface area contributed by atoms with Crippen molar-refractivity contribution in [3.8, 4) is 5.75 Å². The first-order valence-electron chi connectivity index (χ1n) is 7.31. The molecule has 2 unspecified atom stereocenters. The Morgan fingerprint density at radius 2 is 1.90 bits per heavy atom. The van der Waals surface area contributed by atoms with Gasteiger partial charge in [0.1, 0.15) is 5.75 Å². The Labute approximate surface area is 120 Å². The van der Waals surface area contributed by atoms with Crippen molar-refractivity contribution in [1.29, 1.82) is 0 Å². The lowest BCUT2D eigenvalue weighted by Crippen LogP contribution is -2.35. The topological polar surface area (TPSA) is 32.3 Å². The van der Waals surface area contributed by atoms with Gasteiger partial charge in [0, 0.05) is 18.5 Å². The smallest absolute Gasteiger partial charge is 0.115 e. The number of benzene rings is 2. The van der Waals surface area contributed by atoms with Crippen LogP contribution in [0.15, 0.2) is 48.5 Å². The predicted molar refractivity (Wildman–Crippen MR) is 82.2 cm³/mol. The lowest BCUT2D eigenvalue weighted by molar-refractivity contribution is 0.471. The molecule has 2 aromatic rings. The van der Waals surface area contributed by atoms with Crippen molar-refractivity contribution in [2.24, 2.45) is 0 Å². The average molecular weight is 267 g/mol. The van der Waals surface area contributed by atoms with Crippen LogP contribution in [0.3, 0.4) is 0 Å². The summed E-state index contributed by atoms with van der Waals surface area (Å²) in [6, 6.07) is 16.7. The van der Waals surface area contributed by atoms with E-state index in [2.05, 4.69) is 36.5 Å². The third-order valence-electron chi connectivity index (χ3n) is 4.15. The second-order valence-electron chi connectivity index (χ2n) is 5.78. The zero-order valence-electron chi connectivity index (χ0n) is 11.8. The summed E-state index contributed by atoms with van der Waals surface area (Å²) in [5.41, 5.74) is 4.28. The molecule has 0 saturated heterocycles. The molecule has 2 atom stereocenters. The maximum absolute atomic E-state index is 9.28. The van der Waals surface area contributed by atoms with Crippen molar-refractivity contribution in [2.75, 3.05) is 6.54 Å². The lowest BCUT2D eigenvalue weighted by atomic mass is 9.77. The Kier molecular flexibility index (Phi) is 3.75. The first kappa shape index (κ1) is 13.2. The number of phenolic OH excluding ortho intramolecular Hbond substituents is 1. The molecule has 0 heterocycles. The van der Waals surface area contributed by atoms with Crippen molar-refractivity contribution in [2.45, 2.75) is 31.7 Å². The highest BCUT2D eigenvalue weighted by Crippen LogP contribution is 2.34. The first-order valence-corrected chi connectivity index (χ1v) is 7.31. The van der Waals surface area contributed by atoms with E-state index < -0.39 is 0 Å². The Morgan fingerprint density at radius 1 is 1.15 bits per heavy atom. The molecule has 0 aliphatic heterocycles. The summed E-state index contributed by atoms with van der Waals surface area (Å²) < 4.78 is 0. The van der Waals surface area contributed by atoms with Crippen LogP contribution >= 0.6 is 0 Å². The normalized spacial score (nSPS) is 18.1. The SMILES string of the molecule is CC(Cc1ccc(O)cc1)NCC1Cc2ccccc21. The highest BCUT2D eigenvalue weighted by atomic mass is 16.3. The fourth-order valence-corrected chi connectivity index (χ4v) is 2.95. The van der Waals surface area contributed by atoms with E-state index in [0.717, 1.165) is 13.0 Å². The van der Waals surface area contributed by atoms with Crippen LogP contribution in [0.25, 0.3) is 0 Å². The maximum atomic E-state index is 9.28. The zero-order chi connectivity index (χ0) is 13.9. The second kappa shape index (κ2) is 5.68. The van der Waals surface area contributed by atoms with Crippen LogP contribution in [0.4, 0.5) is 0 Å². The molecule has 104 valence electrons. The van der Waals surface area contributed by atoms with Gasteiger partial charge >= 0.3 is 0 Å². The van der Waals surface area contributed by atoms with E-state index >= 15 is 0 Å². The van der Waals surface area contributed by atoms with Gasteiger partial charge in [-0.3, -0.25) is 0 Å². The van der Waals surface area contributed by atoms with E-state index in [9.17, 15) is 5.11 Å². The van der Waals surface area contributed by atoms with E-state index in [-0.39, 0.29) is 0 Å². The van der Waals surface area contributed by atoms with Gasteiger partial charge in [-0.05, 0) is 48.6 Å². The number of nitrogens with one attached hydrogen (secondary N) is 1. The predicted octanol–water partition coefficient (Wildman–Crippen LogP) is 3.25. The van der Waals surface area contributed by atoms with Gasteiger partial charge in [0.15, 0.2) is 0 Å². The molecule has 0 aromatic heterocycles. The highest BCUT2D eigenvalue weighted by molar-refractivity contribution is 5.40. The highest BCUT2D eigenvalue weighted by Gasteiger charge is 2.25. The van der Waals surface area contributed by atoms with Crippen molar-refractivity contribution in [1.82, 2.24) is 5.32 Å². The summed E-state index contributed by atoms with van der Waals surface area (Å²) in [5, 5.41) is 12.9. The van der Waals surface area contributed by atoms with Crippen LogP contribution in [0.2, 0.25) is 0 Å². The summed E-state index contributed by atoms with van der Waals surface area (Å²) >= 11 is 0. The van der Waals surface area contributed by atoms with Gasteiger partial charge in [0.05, 0.1) is 0 Å². The zero-order valence-corrected chi connectivity index (χ0v) is 11.8.